The van der Waals surface area contributed by atoms with Gasteiger partial charge in [0, 0.05) is 25.3 Å². The minimum absolute atomic E-state index is 0.182. The summed E-state index contributed by atoms with van der Waals surface area (Å²) in [6.45, 7) is 4.94. The van der Waals surface area contributed by atoms with Crippen LogP contribution in [0.1, 0.15) is 31.0 Å². The predicted molar refractivity (Wildman–Crippen MR) is 71.8 cm³/mol. The van der Waals surface area contributed by atoms with E-state index in [-0.39, 0.29) is 12.1 Å². The smallest absolute Gasteiger partial charge is 0.124 e. The van der Waals surface area contributed by atoms with Crippen LogP contribution in [0.2, 0.25) is 0 Å². The zero-order valence-corrected chi connectivity index (χ0v) is 11.6. The van der Waals surface area contributed by atoms with Gasteiger partial charge < -0.3 is 19.9 Å². The zero-order chi connectivity index (χ0) is 13.5. The first-order valence-electron chi connectivity index (χ1n) is 6.15. The van der Waals surface area contributed by atoms with Crippen LogP contribution in [0.5, 0.6) is 5.75 Å². The molecule has 1 rings (SSSR count). The largest absolute Gasteiger partial charge is 0.496 e. The Morgan fingerprint density at radius 3 is 2.56 bits per heavy atom. The van der Waals surface area contributed by atoms with Crippen molar-refractivity contribution in [3.63, 3.8) is 0 Å². The van der Waals surface area contributed by atoms with Crippen molar-refractivity contribution in [1.82, 2.24) is 5.32 Å². The third-order valence-corrected chi connectivity index (χ3v) is 2.82. The molecule has 0 aliphatic rings. The van der Waals surface area contributed by atoms with E-state index in [9.17, 15) is 5.11 Å². The van der Waals surface area contributed by atoms with Crippen molar-refractivity contribution in [3.05, 3.63) is 29.3 Å². The molecular weight excluding hydrogens is 230 g/mol. The fourth-order valence-corrected chi connectivity index (χ4v) is 1.80. The van der Waals surface area contributed by atoms with Crippen LogP contribution in [0.3, 0.4) is 0 Å². The highest BCUT2D eigenvalue weighted by Crippen LogP contribution is 2.23. The van der Waals surface area contributed by atoms with E-state index >= 15 is 0 Å². The molecule has 0 aliphatic carbocycles. The third-order valence-electron chi connectivity index (χ3n) is 2.82. The summed E-state index contributed by atoms with van der Waals surface area (Å²) in [4.78, 5) is 0. The molecule has 0 aromatic heterocycles. The Hall–Kier alpha value is -1.10. The van der Waals surface area contributed by atoms with Gasteiger partial charge in [-0.05, 0) is 31.5 Å². The zero-order valence-electron chi connectivity index (χ0n) is 11.6. The first-order chi connectivity index (χ1) is 8.58. The normalized spacial score (nSPS) is 14.3. The minimum Gasteiger partial charge on any atom is -0.496 e. The first-order valence-corrected chi connectivity index (χ1v) is 6.15. The van der Waals surface area contributed by atoms with Crippen molar-refractivity contribution in [2.45, 2.75) is 32.6 Å². The summed E-state index contributed by atoms with van der Waals surface area (Å²) < 4.78 is 10.5. The van der Waals surface area contributed by atoms with Crippen LogP contribution in [-0.2, 0) is 11.3 Å². The summed E-state index contributed by atoms with van der Waals surface area (Å²) in [5.74, 6) is 0.836. The molecule has 0 saturated heterocycles. The van der Waals surface area contributed by atoms with Gasteiger partial charge in [0.25, 0.3) is 0 Å². The van der Waals surface area contributed by atoms with Gasteiger partial charge in [0.2, 0.25) is 0 Å². The molecule has 2 N–H and O–H groups in total. The van der Waals surface area contributed by atoms with Crippen LogP contribution in [0.4, 0.5) is 0 Å². The quantitative estimate of drug-likeness (QED) is 0.779. The van der Waals surface area contributed by atoms with Crippen LogP contribution in [0.25, 0.3) is 0 Å². The molecule has 4 nitrogen and oxygen atoms in total. The SMILES string of the molecule is COCc1cc(C(C)NCC(C)O)ccc1OC. The lowest BCUT2D eigenvalue weighted by atomic mass is 10.0. The van der Waals surface area contributed by atoms with E-state index in [0.717, 1.165) is 16.9 Å². The average molecular weight is 253 g/mol. The van der Waals surface area contributed by atoms with Crippen molar-refractivity contribution in [2.75, 3.05) is 20.8 Å². The molecule has 0 spiro atoms. The number of methoxy groups -OCH3 is 2. The number of aliphatic hydroxyl groups excluding tert-OH is 1. The molecule has 2 atom stereocenters. The molecule has 0 heterocycles. The Kier molecular flexibility index (Phi) is 6.12. The molecular formula is C14H23NO3. The van der Waals surface area contributed by atoms with Gasteiger partial charge in [0.1, 0.15) is 5.75 Å². The highest BCUT2D eigenvalue weighted by molar-refractivity contribution is 5.38. The fourth-order valence-electron chi connectivity index (χ4n) is 1.80. The van der Waals surface area contributed by atoms with E-state index in [0.29, 0.717) is 13.2 Å². The maximum Gasteiger partial charge on any atom is 0.124 e. The molecule has 2 unspecified atom stereocenters. The Morgan fingerprint density at radius 1 is 1.28 bits per heavy atom. The number of nitrogens with one attached hydrogen (secondary N) is 1. The topological polar surface area (TPSA) is 50.7 Å². The Labute approximate surface area is 109 Å². The van der Waals surface area contributed by atoms with Crippen LogP contribution < -0.4 is 10.1 Å². The van der Waals surface area contributed by atoms with E-state index in [1.54, 1.807) is 21.1 Å². The van der Waals surface area contributed by atoms with Crippen LogP contribution >= 0.6 is 0 Å². The molecule has 0 radical (unpaired) electrons. The standard InChI is InChI=1S/C14H23NO3/c1-10(16)8-15-11(2)12-5-6-14(18-4)13(7-12)9-17-3/h5-7,10-11,15-16H,8-9H2,1-4H3. The molecule has 0 bridgehead atoms. The lowest BCUT2D eigenvalue weighted by molar-refractivity contribution is 0.181. The molecule has 0 saturated carbocycles. The number of hydrogen-bond acceptors (Lipinski definition) is 4. The highest BCUT2D eigenvalue weighted by atomic mass is 16.5. The monoisotopic (exact) mass is 253 g/mol. The van der Waals surface area contributed by atoms with Gasteiger partial charge in [-0.25, -0.2) is 0 Å². The van der Waals surface area contributed by atoms with Crippen LogP contribution in [0, 0.1) is 0 Å². The molecule has 0 aliphatic heterocycles. The number of rotatable bonds is 7. The number of aliphatic hydroxyl groups is 1. The van der Waals surface area contributed by atoms with Crippen molar-refractivity contribution in [2.24, 2.45) is 0 Å². The summed E-state index contributed by atoms with van der Waals surface area (Å²) in [6, 6.07) is 6.23. The minimum atomic E-state index is -0.343. The first kappa shape index (κ1) is 15.0. The van der Waals surface area contributed by atoms with Gasteiger partial charge in [0.05, 0.1) is 19.8 Å². The van der Waals surface area contributed by atoms with E-state index in [2.05, 4.69) is 18.3 Å². The summed E-state index contributed by atoms with van der Waals surface area (Å²) in [5, 5.41) is 12.5. The van der Waals surface area contributed by atoms with Gasteiger partial charge in [-0.2, -0.15) is 0 Å². The second kappa shape index (κ2) is 7.36. The molecule has 18 heavy (non-hydrogen) atoms. The van der Waals surface area contributed by atoms with E-state index < -0.39 is 0 Å². The van der Waals surface area contributed by atoms with Gasteiger partial charge in [-0.3, -0.25) is 0 Å². The lowest BCUT2D eigenvalue weighted by Gasteiger charge is -2.17. The van der Waals surface area contributed by atoms with Gasteiger partial charge in [0.15, 0.2) is 0 Å². The summed E-state index contributed by atoms with van der Waals surface area (Å²) in [6.07, 6.45) is -0.343. The van der Waals surface area contributed by atoms with E-state index in [1.807, 2.05) is 12.1 Å². The third kappa shape index (κ3) is 4.29. The molecule has 1 aromatic carbocycles. The van der Waals surface area contributed by atoms with Crippen molar-refractivity contribution in [3.8, 4) is 5.75 Å². The van der Waals surface area contributed by atoms with Crippen LogP contribution in [-0.4, -0.2) is 32.0 Å². The number of hydrogen-bond donors (Lipinski definition) is 2. The summed E-state index contributed by atoms with van der Waals surface area (Å²) >= 11 is 0. The van der Waals surface area contributed by atoms with E-state index in [1.165, 1.54) is 0 Å². The molecule has 4 heteroatoms. The summed E-state index contributed by atoms with van der Waals surface area (Å²) in [5.41, 5.74) is 2.19. The number of benzene rings is 1. The van der Waals surface area contributed by atoms with Crippen molar-refractivity contribution >= 4 is 0 Å². The molecule has 0 fully saturated rings. The van der Waals surface area contributed by atoms with Gasteiger partial charge in [-0.15, -0.1) is 0 Å². The number of ether oxygens (including phenoxy) is 2. The maximum atomic E-state index is 9.27. The molecule has 1 aromatic rings. The van der Waals surface area contributed by atoms with Crippen LogP contribution in [0.15, 0.2) is 18.2 Å². The summed E-state index contributed by atoms with van der Waals surface area (Å²) in [7, 11) is 3.32. The Bertz CT molecular complexity index is 366. The second-order valence-corrected chi connectivity index (χ2v) is 4.48. The van der Waals surface area contributed by atoms with E-state index in [4.69, 9.17) is 9.47 Å². The van der Waals surface area contributed by atoms with Crippen molar-refractivity contribution < 1.29 is 14.6 Å². The second-order valence-electron chi connectivity index (χ2n) is 4.48. The average Bonchev–Trinajstić information content (AvgIpc) is 2.36. The maximum absolute atomic E-state index is 9.27. The molecule has 0 amide bonds. The Balaban J connectivity index is 2.79. The fraction of sp³-hybridized carbons (Fsp3) is 0.571. The highest BCUT2D eigenvalue weighted by Gasteiger charge is 2.10. The predicted octanol–water partition coefficient (Wildman–Crippen LogP) is 1.87. The molecule has 102 valence electrons. The Morgan fingerprint density at radius 2 is 2.00 bits per heavy atom. The van der Waals surface area contributed by atoms with Gasteiger partial charge >= 0.3 is 0 Å². The van der Waals surface area contributed by atoms with Crippen molar-refractivity contribution in [1.29, 1.82) is 0 Å². The lowest BCUT2D eigenvalue weighted by Crippen LogP contribution is -2.27. The van der Waals surface area contributed by atoms with Gasteiger partial charge in [-0.1, -0.05) is 6.07 Å².